The predicted molar refractivity (Wildman–Crippen MR) is 153 cm³/mol. The largest absolute Gasteiger partial charge is 0.314 e. The summed E-state index contributed by atoms with van der Waals surface area (Å²) in [7, 11) is 0. The lowest BCUT2D eigenvalue weighted by Gasteiger charge is -2.19. The van der Waals surface area contributed by atoms with Crippen LogP contribution in [0.15, 0.2) is 71.9 Å². The SMILES string of the molecule is CC1=C/C(CCCCCCCNC2CCCCCCCCCCCC2)=C\C=C/C=C\C=C/C=C\1. The first-order valence-corrected chi connectivity index (χ1v) is 14.6. The summed E-state index contributed by atoms with van der Waals surface area (Å²) in [6, 6.07) is 0.774. The molecule has 2 rings (SSSR count). The van der Waals surface area contributed by atoms with Gasteiger partial charge in [0, 0.05) is 6.04 Å². The topological polar surface area (TPSA) is 12.0 Å². The minimum absolute atomic E-state index is 0.774. The smallest absolute Gasteiger partial charge is 0.00670 e. The molecule has 0 atom stereocenters. The molecule has 1 saturated carbocycles. The van der Waals surface area contributed by atoms with Crippen LogP contribution >= 0.6 is 0 Å². The summed E-state index contributed by atoms with van der Waals surface area (Å²) in [4.78, 5) is 0. The van der Waals surface area contributed by atoms with Gasteiger partial charge < -0.3 is 5.32 Å². The number of nitrogens with one attached hydrogen (secondary N) is 1. The maximum atomic E-state index is 3.93. The molecule has 0 bridgehead atoms. The molecule has 1 fully saturated rings. The first kappa shape index (κ1) is 28.6. The van der Waals surface area contributed by atoms with E-state index in [1.165, 1.54) is 133 Å². The van der Waals surface area contributed by atoms with Gasteiger partial charge in [-0.3, -0.25) is 0 Å². The third-order valence-corrected chi connectivity index (χ3v) is 7.18. The van der Waals surface area contributed by atoms with Gasteiger partial charge in [0.15, 0.2) is 0 Å². The Balaban J connectivity index is 1.59. The van der Waals surface area contributed by atoms with E-state index in [0.29, 0.717) is 0 Å². The number of unbranched alkanes of at least 4 members (excludes halogenated alkanes) is 4. The lowest BCUT2D eigenvalue weighted by Crippen LogP contribution is -2.30. The number of hydrogen-bond acceptors (Lipinski definition) is 1. The highest BCUT2D eigenvalue weighted by Gasteiger charge is 2.08. The van der Waals surface area contributed by atoms with Gasteiger partial charge in [-0.05, 0) is 51.1 Å². The van der Waals surface area contributed by atoms with Crippen molar-refractivity contribution in [2.75, 3.05) is 6.54 Å². The molecule has 0 aromatic carbocycles. The minimum Gasteiger partial charge on any atom is -0.314 e. The predicted octanol–water partition coefficient (Wildman–Crippen LogP) is 10.1. The Bertz CT molecular complexity index is 659. The normalized spacial score (nSPS) is 26.6. The quantitative estimate of drug-likeness (QED) is 0.335. The van der Waals surface area contributed by atoms with Crippen LogP contribution in [0.3, 0.4) is 0 Å². The molecule has 1 heteroatoms. The standard InChI is InChI=1S/C33H53N/c1-31-24-18-12-7-6-8-13-19-25-32(30-31)26-20-14-11-17-23-29-34-33-27-21-15-9-4-2-3-5-10-16-22-28-33/h6-8,12-13,18-19,24-25,30,33-34H,2-5,9-11,14-17,20-23,26-29H2,1H3/b7-6?,8-6-,12-7-,13-8?,18-12?,19-13-,24-18-,25-19?,31-24?,31-30-,32-25-,32-30?. The van der Waals surface area contributed by atoms with Gasteiger partial charge in [0.2, 0.25) is 0 Å². The zero-order chi connectivity index (χ0) is 23.9. The molecule has 0 aromatic rings. The van der Waals surface area contributed by atoms with Gasteiger partial charge in [-0.2, -0.15) is 0 Å². The van der Waals surface area contributed by atoms with Crippen LogP contribution in [0.2, 0.25) is 0 Å². The zero-order valence-electron chi connectivity index (χ0n) is 22.3. The van der Waals surface area contributed by atoms with Gasteiger partial charge in [0.05, 0.1) is 0 Å². The average Bonchev–Trinajstić information content (AvgIpc) is 2.85. The van der Waals surface area contributed by atoms with E-state index in [2.05, 4.69) is 73.0 Å². The summed E-state index contributed by atoms with van der Waals surface area (Å²) in [5.74, 6) is 0. The summed E-state index contributed by atoms with van der Waals surface area (Å²) in [5.41, 5.74) is 2.76. The molecule has 1 N–H and O–H groups in total. The molecule has 2 aliphatic carbocycles. The first-order valence-electron chi connectivity index (χ1n) is 14.6. The van der Waals surface area contributed by atoms with Gasteiger partial charge in [-0.15, -0.1) is 0 Å². The van der Waals surface area contributed by atoms with E-state index >= 15 is 0 Å². The van der Waals surface area contributed by atoms with Crippen LogP contribution in [0.25, 0.3) is 0 Å². The second-order valence-electron chi connectivity index (χ2n) is 10.4. The van der Waals surface area contributed by atoms with Crippen LogP contribution in [-0.2, 0) is 0 Å². The van der Waals surface area contributed by atoms with Crippen LogP contribution in [0.4, 0.5) is 0 Å². The fraction of sp³-hybridized carbons (Fsp3) is 0.636. The number of hydrogen-bond donors (Lipinski definition) is 1. The second-order valence-corrected chi connectivity index (χ2v) is 10.4. The molecule has 0 aliphatic heterocycles. The molecule has 34 heavy (non-hydrogen) atoms. The van der Waals surface area contributed by atoms with Crippen LogP contribution < -0.4 is 5.32 Å². The van der Waals surface area contributed by atoms with Gasteiger partial charge in [-0.1, -0.05) is 150 Å². The summed E-state index contributed by atoms with van der Waals surface area (Å²) < 4.78 is 0. The Morgan fingerprint density at radius 3 is 1.82 bits per heavy atom. The highest BCUT2D eigenvalue weighted by molar-refractivity contribution is 5.34. The highest BCUT2D eigenvalue weighted by Crippen LogP contribution is 2.18. The Kier molecular flexibility index (Phi) is 17.5. The maximum absolute atomic E-state index is 3.93. The Labute approximate surface area is 212 Å². The van der Waals surface area contributed by atoms with Crippen molar-refractivity contribution in [2.24, 2.45) is 0 Å². The highest BCUT2D eigenvalue weighted by atomic mass is 14.9. The molecule has 0 aromatic heterocycles. The van der Waals surface area contributed by atoms with Crippen molar-refractivity contribution in [3.8, 4) is 0 Å². The van der Waals surface area contributed by atoms with E-state index in [0.717, 1.165) is 6.04 Å². The minimum atomic E-state index is 0.774. The number of rotatable bonds is 9. The van der Waals surface area contributed by atoms with Gasteiger partial charge in [0.25, 0.3) is 0 Å². The van der Waals surface area contributed by atoms with E-state index < -0.39 is 0 Å². The fourth-order valence-electron chi connectivity index (χ4n) is 5.09. The molecule has 190 valence electrons. The van der Waals surface area contributed by atoms with Crippen molar-refractivity contribution in [2.45, 2.75) is 129 Å². The Hall–Kier alpha value is -1.60. The van der Waals surface area contributed by atoms with Crippen molar-refractivity contribution in [3.05, 3.63) is 71.9 Å². The molecule has 0 saturated heterocycles. The lowest BCUT2D eigenvalue weighted by molar-refractivity contribution is 0.410. The van der Waals surface area contributed by atoms with E-state index in [1.54, 1.807) is 0 Å². The van der Waals surface area contributed by atoms with Gasteiger partial charge in [-0.25, -0.2) is 0 Å². The Morgan fingerprint density at radius 2 is 1.15 bits per heavy atom. The number of allylic oxidation sites excluding steroid dienone is 12. The third-order valence-electron chi connectivity index (χ3n) is 7.18. The summed E-state index contributed by atoms with van der Waals surface area (Å²) in [6.45, 7) is 3.41. The van der Waals surface area contributed by atoms with Crippen LogP contribution in [0.5, 0.6) is 0 Å². The van der Waals surface area contributed by atoms with E-state index in [9.17, 15) is 0 Å². The van der Waals surface area contributed by atoms with Gasteiger partial charge in [0.1, 0.15) is 0 Å². The van der Waals surface area contributed by atoms with Gasteiger partial charge >= 0.3 is 0 Å². The second kappa shape index (κ2) is 20.7. The molecule has 0 radical (unpaired) electrons. The van der Waals surface area contributed by atoms with Crippen LogP contribution in [0.1, 0.15) is 122 Å². The zero-order valence-corrected chi connectivity index (χ0v) is 22.3. The molecular weight excluding hydrogens is 410 g/mol. The summed E-state index contributed by atoms with van der Waals surface area (Å²) in [6.07, 6.45) is 46.8. The van der Waals surface area contributed by atoms with Crippen LogP contribution in [0, 0.1) is 0 Å². The van der Waals surface area contributed by atoms with Crippen molar-refractivity contribution in [1.29, 1.82) is 0 Å². The van der Waals surface area contributed by atoms with E-state index in [4.69, 9.17) is 0 Å². The average molecular weight is 464 g/mol. The Morgan fingerprint density at radius 1 is 0.618 bits per heavy atom. The fourth-order valence-corrected chi connectivity index (χ4v) is 5.09. The lowest BCUT2D eigenvalue weighted by atomic mass is 10.0. The van der Waals surface area contributed by atoms with Crippen molar-refractivity contribution in [1.82, 2.24) is 5.32 Å². The first-order chi connectivity index (χ1) is 16.8. The molecule has 0 amide bonds. The van der Waals surface area contributed by atoms with Crippen molar-refractivity contribution >= 4 is 0 Å². The monoisotopic (exact) mass is 463 g/mol. The van der Waals surface area contributed by atoms with Crippen molar-refractivity contribution < 1.29 is 0 Å². The molecular formula is C33H53N. The van der Waals surface area contributed by atoms with E-state index in [-0.39, 0.29) is 0 Å². The van der Waals surface area contributed by atoms with Crippen molar-refractivity contribution in [3.63, 3.8) is 0 Å². The molecule has 1 nitrogen and oxygen atoms in total. The summed E-state index contributed by atoms with van der Waals surface area (Å²) in [5, 5.41) is 3.93. The van der Waals surface area contributed by atoms with Crippen LogP contribution in [-0.4, -0.2) is 12.6 Å². The molecule has 0 spiro atoms. The maximum Gasteiger partial charge on any atom is 0.00670 e. The molecule has 0 heterocycles. The molecule has 0 unspecified atom stereocenters. The molecule has 2 aliphatic rings. The summed E-state index contributed by atoms with van der Waals surface area (Å²) >= 11 is 0. The van der Waals surface area contributed by atoms with E-state index in [1.807, 2.05) is 0 Å². The third kappa shape index (κ3) is 16.1.